The Morgan fingerprint density at radius 2 is 1.78 bits per heavy atom. The fourth-order valence-electron chi connectivity index (χ4n) is 4.84. The number of fused-ring (bicyclic) bond motifs is 1. The van der Waals surface area contributed by atoms with Crippen molar-refractivity contribution in [2.45, 2.75) is 38.8 Å². The summed E-state index contributed by atoms with van der Waals surface area (Å²) in [6.07, 6.45) is 4.76. The number of carbonyl (C=O) groups excluding carboxylic acids is 1. The summed E-state index contributed by atoms with van der Waals surface area (Å²) in [5.41, 5.74) is 5.68. The number of amides is 1. The summed E-state index contributed by atoms with van der Waals surface area (Å²) in [6.45, 7) is 6.00. The van der Waals surface area contributed by atoms with Crippen molar-refractivity contribution >= 4 is 17.4 Å². The van der Waals surface area contributed by atoms with Gasteiger partial charge in [0.2, 0.25) is 0 Å². The van der Waals surface area contributed by atoms with Crippen LogP contribution in [0.5, 0.6) is 0 Å². The molecule has 2 aliphatic heterocycles. The standard InChI is InChI=1S/C27H30N4O/c1-20-7-2-3-9-22(20)19-30-16-13-23(14-17-30)29-26-24(10-6-15-28-26)27(32)31-18-12-21-8-4-5-11-25(21)31/h2-11,15,23H,12-14,16-19H2,1H3,(H,28,29). The second-order valence-electron chi connectivity index (χ2n) is 8.86. The van der Waals surface area contributed by atoms with Crippen LogP contribution in [0.25, 0.3) is 0 Å². The van der Waals surface area contributed by atoms with Gasteiger partial charge in [0.25, 0.3) is 5.91 Å². The van der Waals surface area contributed by atoms with E-state index in [4.69, 9.17) is 0 Å². The molecule has 1 fully saturated rings. The van der Waals surface area contributed by atoms with Gasteiger partial charge in [-0.3, -0.25) is 9.69 Å². The van der Waals surface area contributed by atoms with Crippen molar-refractivity contribution in [3.05, 3.63) is 89.1 Å². The van der Waals surface area contributed by atoms with E-state index >= 15 is 0 Å². The Labute approximate surface area is 190 Å². The number of anilines is 2. The highest BCUT2D eigenvalue weighted by Crippen LogP contribution is 2.30. The lowest BCUT2D eigenvalue weighted by Gasteiger charge is -2.33. The molecule has 0 aliphatic carbocycles. The number of pyridine rings is 1. The molecule has 0 atom stereocenters. The molecule has 0 saturated carbocycles. The maximum atomic E-state index is 13.4. The van der Waals surface area contributed by atoms with Gasteiger partial charge >= 0.3 is 0 Å². The van der Waals surface area contributed by atoms with Crippen LogP contribution >= 0.6 is 0 Å². The zero-order valence-electron chi connectivity index (χ0n) is 18.6. The Bertz CT molecular complexity index is 1100. The molecular weight excluding hydrogens is 396 g/mol. The monoisotopic (exact) mass is 426 g/mol. The third-order valence-corrected chi connectivity index (χ3v) is 6.75. The number of aromatic nitrogens is 1. The van der Waals surface area contributed by atoms with E-state index < -0.39 is 0 Å². The highest BCUT2D eigenvalue weighted by Gasteiger charge is 2.28. The molecule has 1 N–H and O–H groups in total. The SMILES string of the molecule is Cc1ccccc1CN1CCC(Nc2ncccc2C(=O)N2CCc3ccccc32)CC1. The summed E-state index contributed by atoms with van der Waals surface area (Å²) < 4.78 is 0. The lowest BCUT2D eigenvalue weighted by atomic mass is 10.0. The molecule has 2 aliphatic rings. The second kappa shape index (κ2) is 9.13. The van der Waals surface area contributed by atoms with E-state index in [1.165, 1.54) is 16.7 Å². The quantitative estimate of drug-likeness (QED) is 0.644. The van der Waals surface area contributed by atoms with E-state index in [0.717, 1.165) is 51.1 Å². The molecule has 0 spiro atoms. The highest BCUT2D eigenvalue weighted by molar-refractivity contribution is 6.10. The molecule has 1 amide bonds. The Hall–Kier alpha value is -3.18. The summed E-state index contributed by atoms with van der Waals surface area (Å²) in [5.74, 6) is 0.738. The number of nitrogens with zero attached hydrogens (tertiary/aromatic N) is 3. The first kappa shape index (κ1) is 20.7. The van der Waals surface area contributed by atoms with Gasteiger partial charge in [0.15, 0.2) is 0 Å². The van der Waals surface area contributed by atoms with E-state index in [2.05, 4.69) is 52.5 Å². The Morgan fingerprint density at radius 3 is 2.62 bits per heavy atom. The molecule has 164 valence electrons. The predicted octanol–water partition coefficient (Wildman–Crippen LogP) is 4.67. The minimum absolute atomic E-state index is 0.0301. The molecule has 0 unspecified atom stereocenters. The van der Waals surface area contributed by atoms with Crippen LogP contribution in [0.4, 0.5) is 11.5 Å². The number of piperidine rings is 1. The number of carbonyl (C=O) groups is 1. The van der Waals surface area contributed by atoms with Gasteiger partial charge in [0, 0.05) is 44.1 Å². The first-order valence-electron chi connectivity index (χ1n) is 11.6. The molecule has 3 heterocycles. The van der Waals surface area contributed by atoms with Crippen molar-refractivity contribution in [2.75, 3.05) is 29.9 Å². The zero-order valence-corrected chi connectivity index (χ0v) is 18.6. The Kier molecular flexibility index (Phi) is 5.91. The second-order valence-corrected chi connectivity index (χ2v) is 8.86. The van der Waals surface area contributed by atoms with Crippen molar-refractivity contribution in [1.82, 2.24) is 9.88 Å². The fourth-order valence-corrected chi connectivity index (χ4v) is 4.84. The fraction of sp³-hybridized carbons (Fsp3) is 0.333. The van der Waals surface area contributed by atoms with E-state index in [1.54, 1.807) is 6.20 Å². The number of likely N-dealkylation sites (tertiary alicyclic amines) is 1. The zero-order chi connectivity index (χ0) is 21.9. The van der Waals surface area contributed by atoms with Gasteiger partial charge in [-0.25, -0.2) is 4.98 Å². The molecule has 2 aromatic carbocycles. The summed E-state index contributed by atoms with van der Waals surface area (Å²) in [7, 11) is 0. The van der Waals surface area contributed by atoms with E-state index in [-0.39, 0.29) is 5.91 Å². The van der Waals surface area contributed by atoms with Gasteiger partial charge in [0.05, 0.1) is 5.56 Å². The summed E-state index contributed by atoms with van der Waals surface area (Å²) >= 11 is 0. The number of hydrogen-bond acceptors (Lipinski definition) is 4. The number of aryl methyl sites for hydroxylation is 1. The average Bonchev–Trinajstić information content (AvgIpc) is 3.26. The highest BCUT2D eigenvalue weighted by atomic mass is 16.2. The van der Waals surface area contributed by atoms with Gasteiger partial charge in [-0.2, -0.15) is 0 Å². The summed E-state index contributed by atoms with van der Waals surface area (Å²) in [4.78, 5) is 22.4. The van der Waals surface area contributed by atoms with E-state index in [9.17, 15) is 4.79 Å². The molecule has 5 nitrogen and oxygen atoms in total. The predicted molar refractivity (Wildman–Crippen MR) is 129 cm³/mol. The molecule has 1 saturated heterocycles. The van der Waals surface area contributed by atoms with Crippen molar-refractivity contribution in [2.24, 2.45) is 0 Å². The Balaban J connectivity index is 1.24. The van der Waals surface area contributed by atoms with Crippen molar-refractivity contribution < 1.29 is 4.79 Å². The molecule has 5 rings (SSSR count). The number of hydrogen-bond donors (Lipinski definition) is 1. The number of benzene rings is 2. The minimum atomic E-state index is 0.0301. The third kappa shape index (κ3) is 4.26. The van der Waals surface area contributed by atoms with Crippen LogP contribution in [0.1, 0.15) is 39.9 Å². The number of para-hydroxylation sites is 1. The maximum Gasteiger partial charge on any atom is 0.262 e. The summed E-state index contributed by atoms with van der Waals surface area (Å²) in [6, 6.07) is 20.9. The van der Waals surface area contributed by atoms with Gasteiger partial charge in [-0.15, -0.1) is 0 Å². The Morgan fingerprint density at radius 1 is 1.00 bits per heavy atom. The first-order valence-corrected chi connectivity index (χ1v) is 11.6. The molecular formula is C27H30N4O. The molecule has 0 bridgehead atoms. The first-order chi connectivity index (χ1) is 15.7. The van der Waals surface area contributed by atoms with Gasteiger partial charge in [-0.1, -0.05) is 42.5 Å². The van der Waals surface area contributed by atoms with Gasteiger partial charge in [0.1, 0.15) is 5.82 Å². The lowest BCUT2D eigenvalue weighted by Crippen LogP contribution is -2.39. The van der Waals surface area contributed by atoms with Crippen LogP contribution in [0, 0.1) is 6.92 Å². The third-order valence-electron chi connectivity index (χ3n) is 6.75. The van der Waals surface area contributed by atoms with Crippen LogP contribution < -0.4 is 10.2 Å². The number of rotatable bonds is 5. The van der Waals surface area contributed by atoms with Crippen LogP contribution in [0.3, 0.4) is 0 Å². The molecule has 0 radical (unpaired) electrons. The normalized spacial score (nSPS) is 16.7. The smallest absolute Gasteiger partial charge is 0.262 e. The van der Waals surface area contributed by atoms with Gasteiger partial charge in [-0.05, 0) is 61.1 Å². The maximum absolute atomic E-state index is 13.4. The van der Waals surface area contributed by atoms with Crippen LogP contribution in [-0.2, 0) is 13.0 Å². The molecule has 32 heavy (non-hydrogen) atoms. The number of nitrogens with one attached hydrogen (secondary N) is 1. The topological polar surface area (TPSA) is 48.5 Å². The van der Waals surface area contributed by atoms with Crippen LogP contribution in [-0.4, -0.2) is 41.5 Å². The largest absolute Gasteiger partial charge is 0.367 e. The van der Waals surface area contributed by atoms with Crippen molar-refractivity contribution in [3.8, 4) is 0 Å². The van der Waals surface area contributed by atoms with E-state index in [1.807, 2.05) is 35.2 Å². The van der Waals surface area contributed by atoms with Crippen LogP contribution in [0.2, 0.25) is 0 Å². The molecule has 1 aromatic heterocycles. The van der Waals surface area contributed by atoms with Gasteiger partial charge < -0.3 is 10.2 Å². The minimum Gasteiger partial charge on any atom is -0.367 e. The lowest BCUT2D eigenvalue weighted by molar-refractivity contribution is 0.0989. The molecule has 5 heteroatoms. The summed E-state index contributed by atoms with van der Waals surface area (Å²) in [5, 5.41) is 3.59. The van der Waals surface area contributed by atoms with Crippen LogP contribution in [0.15, 0.2) is 66.9 Å². The van der Waals surface area contributed by atoms with Crippen molar-refractivity contribution in [3.63, 3.8) is 0 Å². The molecule has 3 aromatic rings. The van der Waals surface area contributed by atoms with E-state index in [0.29, 0.717) is 17.4 Å². The average molecular weight is 427 g/mol. The van der Waals surface area contributed by atoms with Crippen molar-refractivity contribution in [1.29, 1.82) is 0 Å².